The number of nitrogens with one attached hydrogen (secondary N) is 1. The van der Waals surface area contributed by atoms with Gasteiger partial charge in [-0.1, -0.05) is 6.07 Å². The number of carbonyl (C=O) groups is 1. The molecule has 0 atom stereocenters. The van der Waals surface area contributed by atoms with E-state index in [2.05, 4.69) is 10.2 Å². The normalized spacial score (nSPS) is 14.7. The van der Waals surface area contributed by atoms with Gasteiger partial charge in [-0.25, -0.2) is 0 Å². The van der Waals surface area contributed by atoms with Gasteiger partial charge in [0.25, 0.3) is 11.5 Å². The Bertz CT molecular complexity index is 1160. The molecule has 2 aromatic heterocycles. The van der Waals surface area contributed by atoms with Gasteiger partial charge in [0.15, 0.2) is 11.5 Å². The van der Waals surface area contributed by atoms with Gasteiger partial charge in [0.2, 0.25) is 6.79 Å². The van der Waals surface area contributed by atoms with Crippen molar-refractivity contribution in [3.05, 3.63) is 75.0 Å². The second kappa shape index (κ2) is 6.80. The predicted molar refractivity (Wildman–Crippen MR) is 104 cm³/mol. The third kappa shape index (κ3) is 3.06. The number of nitrogens with zero attached hydrogens (tertiary/aromatic N) is 3. The fourth-order valence-electron chi connectivity index (χ4n) is 3.84. The van der Waals surface area contributed by atoms with E-state index >= 15 is 0 Å². The molecule has 0 fully saturated rings. The van der Waals surface area contributed by atoms with Crippen LogP contribution in [-0.2, 0) is 19.5 Å². The quantitative estimate of drug-likeness (QED) is 0.735. The number of aromatic nitrogens is 3. The topological polar surface area (TPSA) is 89.5 Å². The molecule has 3 aromatic rings. The summed E-state index contributed by atoms with van der Waals surface area (Å²) in [6.07, 6.45) is 4.17. The number of carbonyl (C=O) groups excluding carboxylic acids is 1. The summed E-state index contributed by atoms with van der Waals surface area (Å²) in [7, 11) is 0. The first kappa shape index (κ1) is 17.5. The summed E-state index contributed by atoms with van der Waals surface area (Å²) in [5.74, 6) is 1.13. The molecule has 0 unspecified atom stereocenters. The summed E-state index contributed by atoms with van der Waals surface area (Å²) in [4.78, 5) is 28.0. The molecule has 1 amide bonds. The van der Waals surface area contributed by atoms with E-state index in [0.29, 0.717) is 43.1 Å². The third-order valence-corrected chi connectivity index (χ3v) is 5.46. The van der Waals surface area contributed by atoms with Crippen molar-refractivity contribution in [1.82, 2.24) is 19.7 Å². The Kier molecular flexibility index (Phi) is 4.12. The van der Waals surface area contributed by atoms with Gasteiger partial charge in [0, 0.05) is 37.0 Å². The number of benzene rings is 1. The molecule has 29 heavy (non-hydrogen) atoms. The molecule has 0 aliphatic carbocycles. The molecule has 8 heteroatoms. The first-order valence-electron chi connectivity index (χ1n) is 9.49. The molecule has 0 radical (unpaired) electrons. The Hall–Kier alpha value is -3.55. The Labute approximate surface area is 166 Å². The minimum atomic E-state index is -0.286. The van der Waals surface area contributed by atoms with E-state index in [1.807, 2.05) is 24.3 Å². The lowest BCUT2D eigenvalue weighted by atomic mass is 10.1. The van der Waals surface area contributed by atoms with Gasteiger partial charge in [-0.15, -0.1) is 0 Å². The largest absolute Gasteiger partial charge is 0.454 e. The van der Waals surface area contributed by atoms with Gasteiger partial charge in [-0.2, -0.15) is 5.10 Å². The molecular weight excluding hydrogens is 372 g/mol. The van der Waals surface area contributed by atoms with Crippen LogP contribution in [0.4, 0.5) is 0 Å². The first-order valence-corrected chi connectivity index (χ1v) is 9.49. The summed E-state index contributed by atoms with van der Waals surface area (Å²) in [6, 6.07) is 7.40. The summed E-state index contributed by atoms with van der Waals surface area (Å²) in [5.41, 5.74) is 3.57. The number of pyridine rings is 1. The van der Waals surface area contributed by atoms with Crippen LogP contribution >= 0.6 is 0 Å². The molecule has 148 valence electrons. The molecule has 1 aromatic carbocycles. The molecular formula is C21H20N4O4. The Balaban J connectivity index is 1.44. The van der Waals surface area contributed by atoms with E-state index in [-0.39, 0.29) is 23.8 Å². The highest BCUT2D eigenvalue weighted by molar-refractivity contribution is 5.95. The number of aryl methyl sites for hydroxylation is 1. The van der Waals surface area contributed by atoms with E-state index in [9.17, 15) is 9.59 Å². The van der Waals surface area contributed by atoms with Crippen LogP contribution < -0.4 is 15.0 Å². The molecule has 0 bridgehead atoms. The lowest BCUT2D eigenvalue weighted by molar-refractivity contribution is 0.0731. The number of H-pyrrole nitrogens is 1. The zero-order chi connectivity index (χ0) is 20.0. The molecule has 0 saturated carbocycles. The van der Waals surface area contributed by atoms with E-state index in [1.165, 1.54) is 0 Å². The van der Waals surface area contributed by atoms with Crippen molar-refractivity contribution in [2.45, 2.75) is 26.4 Å². The first-order chi connectivity index (χ1) is 14.1. The van der Waals surface area contributed by atoms with E-state index in [0.717, 1.165) is 16.8 Å². The van der Waals surface area contributed by atoms with Crippen LogP contribution in [0.25, 0.3) is 0 Å². The summed E-state index contributed by atoms with van der Waals surface area (Å²) in [6.45, 7) is 3.37. The minimum Gasteiger partial charge on any atom is -0.454 e. The van der Waals surface area contributed by atoms with Crippen LogP contribution in [0.1, 0.15) is 32.7 Å². The second-order valence-corrected chi connectivity index (χ2v) is 7.34. The number of rotatable bonds is 3. The van der Waals surface area contributed by atoms with Crippen LogP contribution in [0.5, 0.6) is 11.5 Å². The lowest BCUT2D eigenvalue weighted by Crippen LogP contribution is -2.40. The van der Waals surface area contributed by atoms with E-state index < -0.39 is 0 Å². The van der Waals surface area contributed by atoms with Crippen molar-refractivity contribution >= 4 is 5.91 Å². The van der Waals surface area contributed by atoms with Gasteiger partial charge >= 0.3 is 0 Å². The van der Waals surface area contributed by atoms with Gasteiger partial charge in [-0.05, 0) is 36.2 Å². The van der Waals surface area contributed by atoms with E-state index in [4.69, 9.17) is 9.47 Å². The van der Waals surface area contributed by atoms with Crippen LogP contribution in [0.15, 0.2) is 41.5 Å². The second-order valence-electron chi connectivity index (χ2n) is 7.34. The van der Waals surface area contributed by atoms with Crippen molar-refractivity contribution in [2.24, 2.45) is 0 Å². The Morgan fingerprint density at radius 2 is 2.10 bits per heavy atom. The van der Waals surface area contributed by atoms with Crippen LogP contribution in [0, 0.1) is 6.92 Å². The van der Waals surface area contributed by atoms with Crippen molar-refractivity contribution in [1.29, 1.82) is 0 Å². The molecule has 0 spiro atoms. The highest BCUT2D eigenvalue weighted by Crippen LogP contribution is 2.32. The number of fused-ring (bicyclic) bond motifs is 2. The van der Waals surface area contributed by atoms with E-state index in [1.54, 1.807) is 28.8 Å². The van der Waals surface area contributed by atoms with Gasteiger partial charge in [-0.3, -0.25) is 14.7 Å². The molecule has 8 nitrogen and oxygen atoms in total. The maximum Gasteiger partial charge on any atom is 0.263 e. The van der Waals surface area contributed by atoms with Crippen molar-refractivity contribution in [2.75, 3.05) is 13.3 Å². The number of amides is 1. The lowest BCUT2D eigenvalue weighted by Gasteiger charge is -2.27. The molecule has 2 aliphatic rings. The van der Waals surface area contributed by atoms with Gasteiger partial charge in [0.1, 0.15) is 5.56 Å². The maximum absolute atomic E-state index is 13.2. The average Bonchev–Trinajstić information content (AvgIpc) is 3.38. The highest BCUT2D eigenvalue weighted by atomic mass is 16.7. The monoisotopic (exact) mass is 392 g/mol. The van der Waals surface area contributed by atoms with Crippen LogP contribution in [0.2, 0.25) is 0 Å². The zero-order valence-electron chi connectivity index (χ0n) is 16.0. The minimum absolute atomic E-state index is 0.204. The molecule has 5 rings (SSSR count). The SMILES string of the molecule is Cc1ccn(Cc2ccc3c(c2)OCO3)c(=O)c1C(=O)N1CCc2[nH]ncc2C1. The highest BCUT2D eigenvalue weighted by Gasteiger charge is 2.26. The number of hydrogen-bond acceptors (Lipinski definition) is 5. The molecule has 4 heterocycles. The summed E-state index contributed by atoms with van der Waals surface area (Å²) in [5, 5.41) is 7.00. The smallest absolute Gasteiger partial charge is 0.263 e. The van der Waals surface area contributed by atoms with Crippen molar-refractivity contribution < 1.29 is 14.3 Å². The van der Waals surface area contributed by atoms with Crippen LogP contribution in [0.3, 0.4) is 0 Å². The number of ether oxygens (including phenoxy) is 2. The van der Waals surface area contributed by atoms with Gasteiger partial charge < -0.3 is 18.9 Å². The van der Waals surface area contributed by atoms with Crippen LogP contribution in [-0.4, -0.2) is 38.9 Å². The summed E-state index contributed by atoms with van der Waals surface area (Å²) < 4.78 is 12.3. The standard InChI is InChI=1S/C21H20N4O4/c1-13-4-6-24(10-14-2-3-17-18(8-14)29-12-28-17)20(26)19(13)21(27)25-7-5-16-15(11-25)9-22-23-16/h2-4,6,8-9H,5,7,10-12H2,1H3,(H,22,23). The third-order valence-electron chi connectivity index (χ3n) is 5.46. The fraction of sp³-hybridized carbons (Fsp3) is 0.286. The maximum atomic E-state index is 13.2. The Morgan fingerprint density at radius 3 is 3.00 bits per heavy atom. The van der Waals surface area contributed by atoms with Crippen molar-refractivity contribution in [3.63, 3.8) is 0 Å². The molecule has 0 saturated heterocycles. The predicted octanol–water partition coefficient (Wildman–Crippen LogP) is 1.86. The molecule has 2 aliphatic heterocycles. The Morgan fingerprint density at radius 1 is 1.24 bits per heavy atom. The fourth-order valence-corrected chi connectivity index (χ4v) is 3.84. The average molecular weight is 392 g/mol. The number of hydrogen-bond donors (Lipinski definition) is 1. The van der Waals surface area contributed by atoms with Gasteiger partial charge in [0.05, 0.1) is 12.7 Å². The summed E-state index contributed by atoms with van der Waals surface area (Å²) >= 11 is 0. The van der Waals surface area contributed by atoms with Crippen molar-refractivity contribution in [3.8, 4) is 11.5 Å². The zero-order valence-corrected chi connectivity index (χ0v) is 16.0. The molecule has 1 N–H and O–H groups in total. The number of aromatic amines is 1.